The fourth-order valence-electron chi connectivity index (χ4n) is 4.70. The highest BCUT2D eigenvalue weighted by molar-refractivity contribution is 7.16. The smallest absolute Gasteiger partial charge is 0.309 e. The fraction of sp³-hybridized carbons (Fsp3) is 0.231. The van der Waals surface area contributed by atoms with Gasteiger partial charge in [0.05, 0.1) is 27.8 Å². The first kappa shape index (κ1) is 23.6. The minimum Gasteiger partial charge on any atom is -0.490 e. The first-order valence-electron chi connectivity index (χ1n) is 11.4. The molecule has 4 aromatic rings. The van der Waals surface area contributed by atoms with E-state index in [0.29, 0.717) is 41.4 Å². The Balaban J connectivity index is 1.68. The van der Waals surface area contributed by atoms with E-state index >= 15 is 0 Å². The van der Waals surface area contributed by atoms with Crippen molar-refractivity contribution in [2.24, 2.45) is 7.05 Å². The first-order chi connectivity index (χ1) is 17.3. The van der Waals surface area contributed by atoms with Crippen molar-refractivity contribution in [3.05, 3.63) is 68.6 Å². The Bertz CT molecular complexity index is 1600. The van der Waals surface area contributed by atoms with Gasteiger partial charge in [-0.05, 0) is 54.8 Å². The number of benzene rings is 2. The zero-order valence-electron chi connectivity index (χ0n) is 20.0. The van der Waals surface area contributed by atoms with Gasteiger partial charge in [0.2, 0.25) is 0 Å². The topological polar surface area (TPSA) is 123 Å². The molecule has 2 aromatic heterocycles. The number of carbonyl (C=O) groups excluding carboxylic acids is 1. The third-order valence-electron chi connectivity index (χ3n) is 6.45. The Morgan fingerprint density at radius 2 is 2.03 bits per heavy atom. The van der Waals surface area contributed by atoms with Crippen molar-refractivity contribution in [1.82, 2.24) is 9.55 Å². The van der Waals surface area contributed by atoms with Crippen molar-refractivity contribution >= 4 is 44.8 Å². The van der Waals surface area contributed by atoms with E-state index in [9.17, 15) is 19.5 Å². The van der Waals surface area contributed by atoms with Crippen molar-refractivity contribution in [2.45, 2.75) is 20.3 Å². The molecular formula is C26H24N4O5S. The highest BCUT2D eigenvalue weighted by Crippen LogP contribution is 2.40. The molecule has 0 unspecified atom stereocenters. The second-order valence-corrected chi connectivity index (χ2v) is 9.52. The van der Waals surface area contributed by atoms with Gasteiger partial charge in [-0.2, -0.15) is 0 Å². The molecule has 0 radical (unpaired) electrons. The molecule has 1 aliphatic heterocycles. The monoisotopic (exact) mass is 504 g/mol. The van der Waals surface area contributed by atoms with Crippen LogP contribution < -0.4 is 20.9 Å². The molecule has 10 heteroatoms. The van der Waals surface area contributed by atoms with E-state index in [4.69, 9.17) is 4.74 Å². The van der Waals surface area contributed by atoms with E-state index in [2.05, 4.69) is 15.6 Å². The Morgan fingerprint density at radius 1 is 1.22 bits per heavy atom. The number of amides is 1. The van der Waals surface area contributed by atoms with Crippen molar-refractivity contribution < 1.29 is 19.4 Å². The molecule has 5 rings (SSSR count). The number of pyridine rings is 1. The Hall–Kier alpha value is -4.18. The molecule has 0 aliphatic carbocycles. The summed E-state index contributed by atoms with van der Waals surface area (Å²) in [6, 6.07) is 9.02. The molecule has 0 bridgehead atoms. The molecule has 1 aliphatic rings. The number of aliphatic carboxylic acids is 1. The standard InChI is InChI=1S/C26H24N4O5S/c1-13-16(5-7-19-24(13)27-8-9-35-19)22-14(2)23(26(34)30(3)18(22)11-21(31)32)25(33)29-15-4-6-17-20(10-15)36-12-28-17/h4-7,10,12,27H,8-9,11H2,1-3H3,(H,29,33)(H,31,32). The minimum absolute atomic E-state index is 0.0348. The van der Waals surface area contributed by atoms with Gasteiger partial charge in [-0.15, -0.1) is 11.3 Å². The number of fused-ring (bicyclic) bond motifs is 2. The van der Waals surface area contributed by atoms with E-state index in [1.165, 1.54) is 23.0 Å². The maximum absolute atomic E-state index is 13.4. The summed E-state index contributed by atoms with van der Waals surface area (Å²) in [7, 11) is 1.50. The lowest BCUT2D eigenvalue weighted by molar-refractivity contribution is -0.136. The molecule has 0 saturated heterocycles. The van der Waals surface area contributed by atoms with Crippen LogP contribution in [0.3, 0.4) is 0 Å². The highest BCUT2D eigenvalue weighted by atomic mass is 32.1. The van der Waals surface area contributed by atoms with Gasteiger partial charge in [-0.3, -0.25) is 14.4 Å². The molecule has 3 heterocycles. The van der Waals surface area contributed by atoms with Crippen LogP contribution in [0.25, 0.3) is 21.3 Å². The van der Waals surface area contributed by atoms with Crippen LogP contribution >= 0.6 is 11.3 Å². The third kappa shape index (κ3) is 3.99. The molecule has 0 fully saturated rings. The lowest BCUT2D eigenvalue weighted by atomic mass is 9.90. The van der Waals surface area contributed by atoms with Gasteiger partial charge in [0.15, 0.2) is 0 Å². The predicted octanol–water partition coefficient (Wildman–Crippen LogP) is 3.96. The number of carbonyl (C=O) groups is 2. The summed E-state index contributed by atoms with van der Waals surface area (Å²) in [6.07, 6.45) is -0.369. The number of ether oxygens (including phenoxy) is 1. The van der Waals surface area contributed by atoms with E-state index in [1.54, 1.807) is 24.6 Å². The largest absolute Gasteiger partial charge is 0.490 e. The molecule has 9 nitrogen and oxygen atoms in total. The highest BCUT2D eigenvalue weighted by Gasteiger charge is 2.27. The molecule has 0 saturated carbocycles. The number of carboxylic acid groups (broad SMARTS) is 1. The lowest BCUT2D eigenvalue weighted by Gasteiger charge is -2.25. The molecule has 0 atom stereocenters. The van der Waals surface area contributed by atoms with Gasteiger partial charge in [0, 0.05) is 30.5 Å². The van der Waals surface area contributed by atoms with Crippen LogP contribution in [0.4, 0.5) is 11.4 Å². The number of hydrogen-bond acceptors (Lipinski definition) is 7. The minimum atomic E-state index is -1.07. The van der Waals surface area contributed by atoms with Gasteiger partial charge >= 0.3 is 5.97 Å². The molecule has 3 N–H and O–H groups in total. The molecule has 1 amide bonds. The van der Waals surface area contributed by atoms with E-state index in [-0.39, 0.29) is 12.0 Å². The number of anilines is 2. The Labute approximate surface area is 210 Å². The van der Waals surface area contributed by atoms with Crippen molar-refractivity contribution in [1.29, 1.82) is 0 Å². The fourth-order valence-corrected chi connectivity index (χ4v) is 5.41. The van der Waals surface area contributed by atoms with Crippen LogP contribution in [-0.2, 0) is 18.3 Å². The maximum atomic E-state index is 13.4. The summed E-state index contributed by atoms with van der Waals surface area (Å²) in [6.45, 7) is 4.79. The third-order valence-corrected chi connectivity index (χ3v) is 7.25. The number of nitrogens with one attached hydrogen (secondary N) is 2. The SMILES string of the molecule is Cc1c(-c2c(C)c(C(=O)Nc3ccc4ncsc4c3)c(=O)n(C)c2CC(=O)O)ccc2c1NCCO2. The Morgan fingerprint density at radius 3 is 2.81 bits per heavy atom. The zero-order chi connectivity index (χ0) is 25.6. The predicted molar refractivity (Wildman–Crippen MR) is 139 cm³/mol. The summed E-state index contributed by atoms with van der Waals surface area (Å²) in [4.78, 5) is 42.8. The second kappa shape index (κ2) is 9.12. The van der Waals surface area contributed by atoms with Crippen LogP contribution in [0.1, 0.15) is 27.2 Å². The zero-order valence-corrected chi connectivity index (χ0v) is 20.8. The quantitative estimate of drug-likeness (QED) is 0.376. The molecule has 184 valence electrons. The van der Waals surface area contributed by atoms with Crippen LogP contribution in [-0.4, -0.2) is 39.7 Å². The summed E-state index contributed by atoms with van der Waals surface area (Å²) in [5.74, 6) is -0.920. The number of hydrogen-bond donors (Lipinski definition) is 3. The average molecular weight is 505 g/mol. The molecular weight excluding hydrogens is 480 g/mol. The summed E-state index contributed by atoms with van der Waals surface area (Å²) >= 11 is 1.45. The molecule has 0 spiro atoms. The first-order valence-corrected chi connectivity index (χ1v) is 12.2. The van der Waals surface area contributed by atoms with E-state index in [1.807, 2.05) is 25.1 Å². The Kier molecular flexibility index (Phi) is 5.97. The summed E-state index contributed by atoms with van der Waals surface area (Å²) in [5.41, 5.74) is 6.20. The lowest BCUT2D eigenvalue weighted by Crippen LogP contribution is -2.32. The van der Waals surface area contributed by atoms with Gasteiger partial charge in [-0.1, -0.05) is 6.07 Å². The van der Waals surface area contributed by atoms with Gasteiger partial charge in [-0.25, -0.2) is 4.98 Å². The summed E-state index contributed by atoms with van der Waals surface area (Å²) in [5, 5.41) is 15.8. The van der Waals surface area contributed by atoms with Crippen LogP contribution in [0.15, 0.2) is 40.6 Å². The number of rotatable bonds is 5. The second-order valence-electron chi connectivity index (χ2n) is 8.63. The van der Waals surface area contributed by atoms with Crippen LogP contribution in [0.5, 0.6) is 5.75 Å². The van der Waals surface area contributed by atoms with Gasteiger partial charge in [0.1, 0.15) is 17.9 Å². The van der Waals surface area contributed by atoms with Crippen molar-refractivity contribution in [3.63, 3.8) is 0 Å². The van der Waals surface area contributed by atoms with Crippen molar-refractivity contribution in [3.8, 4) is 16.9 Å². The van der Waals surface area contributed by atoms with E-state index < -0.39 is 17.4 Å². The number of carboxylic acids is 1. The molecule has 36 heavy (non-hydrogen) atoms. The number of aromatic nitrogens is 2. The number of nitrogens with zero attached hydrogens (tertiary/aromatic N) is 2. The molecule has 2 aromatic carbocycles. The average Bonchev–Trinajstić information content (AvgIpc) is 3.31. The van der Waals surface area contributed by atoms with Crippen molar-refractivity contribution in [2.75, 3.05) is 23.8 Å². The van der Waals surface area contributed by atoms with E-state index in [0.717, 1.165) is 27.0 Å². The number of thiazole rings is 1. The normalized spacial score (nSPS) is 12.5. The summed E-state index contributed by atoms with van der Waals surface area (Å²) < 4.78 is 7.91. The van der Waals surface area contributed by atoms with Crippen LogP contribution in [0, 0.1) is 13.8 Å². The van der Waals surface area contributed by atoms with Crippen LogP contribution in [0.2, 0.25) is 0 Å². The van der Waals surface area contributed by atoms with Gasteiger partial charge in [0.25, 0.3) is 11.5 Å². The maximum Gasteiger partial charge on any atom is 0.309 e. The van der Waals surface area contributed by atoms with Gasteiger partial charge < -0.3 is 25.0 Å².